The zero-order valence-corrected chi connectivity index (χ0v) is 21.9. The standard InChI is InChI=1S/C30H32N2O6/c1-5-37-30(38-6-2)21-16-12-19(13-17-21)26-24(18-10-14-20(15-11-18)28(34)32(3)4)27(33)25-22(29(35)36)8-7-9-23(25)31-26/h7-17,24,26,30-31H,5-6H2,1-4H3,(H,35,36). The van der Waals surface area contributed by atoms with Crippen molar-refractivity contribution in [3.63, 3.8) is 0 Å². The number of fused-ring (bicyclic) bond motifs is 1. The number of carboxylic acids is 1. The molecule has 4 rings (SSSR count). The first-order chi connectivity index (χ1) is 18.3. The molecule has 1 aliphatic heterocycles. The van der Waals surface area contributed by atoms with Gasteiger partial charge in [0.2, 0.25) is 0 Å². The Kier molecular flexibility index (Phi) is 8.24. The fraction of sp³-hybridized carbons (Fsp3) is 0.300. The number of rotatable bonds is 9. The second-order valence-electron chi connectivity index (χ2n) is 9.23. The first kappa shape index (κ1) is 27.0. The third kappa shape index (κ3) is 5.32. The Labute approximate surface area is 222 Å². The molecule has 3 aromatic carbocycles. The number of ketones is 1. The predicted octanol–water partition coefficient (Wildman–Crippen LogP) is 5.29. The fourth-order valence-electron chi connectivity index (χ4n) is 4.79. The van der Waals surface area contributed by atoms with Gasteiger partial charge in [0, 0.05) is 44.1 Å². The maximum Gasteiger partial charge on any atom is 0.336 e. The Bertz CT molecular complexity index is 1310. The summed E-state index contributed by atoms with van der Waals surface area (Å²) in [6.45, 7) is 4.82. The molecule has 0 aromatic heterocycles. The molecular formula is C30H32N2O6. The summed E-state index contributed by atoms with van der Waals surface area (Å²) in [5.74, 6) is -2.32. The van der Waals surface area contributed by atoms with Crippen molar-refractivity contribution >= 4 is 23.3 Å². The van der Waals surface area contributed by atoms with Crippen LogP contribution < -0.4 is 5.32 Å². The van der Waals surface area contributed by atoms with Crippen molar-refractivity contribution in [1.29, 1.82) is 0 Å². The molecule has 0 fully saturated rings. The van der Waals surface area contributed by atoms with E-state index in [1.165, 1.54) is 11.0 Å². The van der Waals surface area contributed by atoms with Gasteiger partial charge in [-0.15, -0.1) is 0 Å². The van der Waals surface area contributed by atoms with Crippen LogP contribution in [0.15, 0.2) is 66.7 Å². The average molecular weight is 517 g/mol. The van der Waals surface area contributed by atoms with E-state index in [1.807, 2.05) is 38.1 Å². The summed E-state index contributed by atoms with van der Waals surface area (Å²) >= 11 is 0. The van der Waals surface area contributed by atoms with E-state index in [2.05, 4.69) is 5.32 Å². The number of aromatic carboxylic acids is 1. The van der Waals surface area contributed by atoms with E-state index in [0.29, 0.717) is 30.0 Å². The largest absolute Gasteiger partial charge is 0.478 e. The van der Waals surface area contributed by atoms with Crippen LogP contribution >= 0.6 is 0 Å². The molecule has 1 aliphatic rings. The van der Waals surface area contributed by atoms with Crippen molar-refractivity contribution in [3.05, 3.63) is 100 Å². The van der Waals surface area contributed by atoms with Crippen LogP contribution in [0, 0.1) is 0 Å². The van der Waals surface area contributed by atoms with E-state index >= 15 is 0 Å². The van der Waals surface area contributed by atoms with Crippen molar-refractivity contribution in [2.75, 3.05) is 32.6 Å². The summed E-state index contributed by atoms with van der Waals surface area (Å²) < 4.78 is 11.4. The zero-order valence-electron chi connectivity index (χ0n) is 21.9. The predicted molar refractivity (Wildman–Crippen MR) is 144 cm³/mol. The molecule has 198 valence electrons. The quantitative estimate of drug-likeness (QED) is 0.372. The van der Waals surface area contributed by atoms with Crippen molar-refractivity contribution in [3.8, 4) is 0 Å². The molecule has 0 aliphatic carbocycles. The lowest BCUT2D eigenvalue weighted by atomic mass is 9.77. The number of nitrogens with one attached hydrogen (secondary N) is 1. The Balaban J connectivity index is 1.78. The molecule has 38 heavy (non-hydrogen) atoms. The fourth-order valence-corrected chi connectivity index (χ4v) is 4.79. The highest BCUT2D eigenvalue weighted by molar-refractivity contribution is 6.14. The molecule has 0 bridgehead atoms. The minimum Gasteiger partial charge on any atom is -0.478 e. The van der Waals surface area contributed by atoms with Gasteiger partial charge >= 0.3 is 5.97 Å². The highest BCUT2D eigenvalue weighted by Crippen LogP contribution is 2.43. The first-order valence-corrected chi connectivity index (χ1v) is 12.6. The van der Waals surface area contributed by atoms with Crippen LogP contribution in [0.3, 0.4) is 0 Å². The van der Waals surface area contributed by atoms with Crippen LogP contribution in [-0.4, -0.2) is 55.0 Å². The summed E-state index contributed by atoms with van der Waals surface area (Å²) in [5.41, 5.74) is 3.46. The minimum atomic E-state index is -1.16. The third-order valence-corrected chi connectivity index (χ3v) is 6.59. The average Bonchev–Trinajstić information content (AvgIpc) is 2.92. The van der Waals surface area contributed by atoms with Gasteiger partial charge in [0.05, 0.1) is 23.1 Å². The summed E-state index contributed by atoms with van der Waals surface area (Å²) in [7, 11) is 3.35. The van der Waals surface area contributed by atoms with E-state index in [-0.39, 0.29) is 22.8 Å². The molecule has 1 amide bonds. The molecule has 0 radical (unpaired) electrons. The molecule has 2 unspecified atom stereocenters. The van der Waals surface area contributed by atoms with Crippen LogP contribution in [-0.2, 0) is 9.47 Å². The summed E-state index contributed by atoms with van der Waals surface area (Å²) in [4.78, 5) is 39.8. The lowest BCUT2D eigenvalue weighted by molar-refractivity contribution is -0.140. The van der Waals surface area contributed by atoms with Crippen molar-refractivity contribution in [2.24, 2.45) is 0 Å². The number of benzene rings is 3. The van der Waals surface area contributed by atoms with Crippen molar-refractivity contribution in [1.82, 2.24) is 4.90 Å². The third-order valence-electron chi connectivity index (χ3n) is 6.59. The van der Waals surface area contributed by atoms with Gasteiger partial charge in [-0.3, -0.25) is 9.59 Å². The molecule has 0 spiro atoms. The van der Waals surface area contributed by atoms with E-state index < -0.39 is 24.2 Å². The van der Waals surface area contributed by atoms with Crippen molar-refractivity contribution < 1.29 is 29.0 Å². The zero-order chi connectivity index (χ0) is 27.4. The molecule has 2 N–H and O–H groups in total. The SMILES string of the molecule is CCOC(OCC)c1ccc(C2Nc3cccc(C(=O)O)c3C(=O)C2c2ccc(C(=O)N(C)C)cc2)cc1. The molecule has 0 saturated carbocycles. The molecular weight excluding hydrogens is 484 g/mol. The highest BCUT2D eigenvalue weighted by atomic mass is 16.7. The lowest BCUT2D eigenvalue weighted by Gasteiger charge is -2.35. The van der Waals surface area contributed by atoms with E-state index in [9.17, 15) is 19.5 Å². The number of Topliss-reactive ketones (excluding diaryl/α,β-unsaturated/α-hetero) is 1. The van der Waals surface area contributed by atoms with Crippen LogP contribution in [0.25, 0.3) is 0 Å². The number of anilines is 1. The topological polar surface area (TPSA) is 105 Å². The van der Waals surface area contributed by atoms with Gasteiger partial charge in [-0.1, -0.05) is 42.5 Å². The number of carboxylic acid groups (broad SMARTS) is 1. The Morgan fingerprint density at radius 2 is 1.53 bits per heavy atom. The smallest absolute Gasteiger partial charge is 0.336 e. The second-order valence-corrected chi connectivity index (χ2v) is 9.23. The van der Waals surface area contributed by atoms with Crippen LogP contribution in [0.1, 0.15) is 79.9 Å². The van der Waals surface area contributed by atoms with Crippen LogP contribution in [0.4, 0.5) is 5.69 Å². The van der Waals surface area contributed by atoms with Crippen LogP contribution in [0.2, 0.25) is 0 Å². The van der Waals surface area contributed by atoms with Gasteiger partial charge in [0.25, 0.3) is 5.91 Å². The van der Waals surface area contributed by atoms with Gasteiger partial charge in [0.1, 0.15) is 0 Å². The number of hydrogen-bond donors (Lipinski definition) is 2. The monoisotopic (exact) mass is 516 g/mol. The molecule has 8 nitrogen and oxygen atoms in total. The maximum atomic E-state index is 14.0. The molecule has 0 saturated heterocycles. The Hall–Kier alpha value is -4.01. The van der Waals surface area contributed by atoms with Gasteiger partial charge in [0.15, 0.2) is 12.1 Å². The summed E-state index contributed by atoms with van der Waals surface area (Å²) in [6, 6.07) is 18.9. The van der Waals surface area contributed by atoms with E-state index in [4.69, 9.17) is 9.47 Å². The van der Waals surface area contributed by atoms with E-state index in [0.717, 1.165) is 11.1 Å². The number of nitrogens with zero attached hydrogens (tertiary/aromatic N) is 1. The van der Waals surface area contributed by atoms with Crippen LogP contribution in [0.5, 0.6) is 0 Å². The molecule has 3 aromatic rings. The number of ether oxygens (including phenoxy) is 2. The highest BCUT2D eigenvalue weighted by Gasteiger charge is 2.39. The molecule has 1 heterocycles. The van der Waals surface area contributed by atoms with Gasteiger partial charge < -0.3 is 24.8 Å². The van der Waals surface area contributed by atoms with Crippen molar-refractivity contribution in [2.45, 2.75) is 32.1 Å². The minimum absolute atomic E-state index is 0.0468. The summed E-state index contributed by atoms with van der Waals surface area (Å²) in [6.07, 6.45) is -0.489. The normalized spacial score (nSPS) is 16.6. The lowest BCUT2D eigenvalue weighted by Crippen LogP contribution is -2.33. The first-order valence-electron chi connectivity index (χ1n) is 12.6. The number of carbonyl (C=O) groups is 3. The van der Waals surface area contributed by atoms with Gasteiger partial charge in [-0.05, 0) is 49.2 Å². The Morgan fingerprint density at radius 3 is 2.08 bits per heavy atom. The Morgan fingerprint density at radius 1 is 0.921 bits per heavy atom. The maximum absolute atomic E-state index is 14.0. The molecule has 2 atom stereocenters. The van der Waals surface area contributed by atoms with Gasteiger partial charge in [-0.2, -0.15) is 0 Å². The number of carbonyl (C=O) groups excluding carboxylic acids is 2. The number of hydrogen-bond acceptors (Lipinski definition) is 6. The van der Waals surface area contributed by atoms with E-state index in [1.54, 1.807) is 50.5 Å². The summed E-state index contributed by atoms with van der Waals surface area (Å²) in [5, 5.41) is 13.2. The number of amides is 1. The molecule has 8 heteroatoms. The van der Waals surface area contributed by atoms with Gasteiger partial charge in [-0.25, -0.2) is 4.79 Å². The second kappa shape index (κ2) is 11.6.